The first-order valence-corrected chi connectivity index (χ1v) is 4.23. The second-order valence-corrected chi connectivity index (χ2v) is 2.56. The molecule has 0 aromatic carbocycles. The minimum Gasteiger partial charge on any atom is -0.420 e. The van der Waals surface area contributed by atoms with Gasteiger partial charge in [-0.1, -0.05) is 21.4 Å². The molecule has 0 heterocycles. The zero-order valence-corrected chi connectivity index (χ0v) is 16.8. The molecule has 0 atom stereocenters. The van der Waals surface area contributed by atoms with Gasteiger partial charge in [0.1, 0.15) is 0 Å². The first-order valence-electron chi connectivity index (χ1n) is 1.95. The van der Waals surface area contributed by atoms with E-state index in [4.69, 9.17) is 0 Å². The fourth-order valence-corrected chi connectivity index (χ4v) is 0. The van der Waals surface area contributed by atoms with Gasteiger partial charge < -0.3 is 16.8 Å². The van der Waals surface area contributed by atoms with Crippen LogP contribution in [0.25, 0.3) is 0 Å². The zero-order chi connectivity index (χ0) is 8.57. The Morgan fingerprint density at radius 3 is 0.846 bits per heavy atom. The van der Waals surface area contributed by atoms with Crippen LogP contribution in [0.2, 0.25) is 0 Å². The SMILES string of the molecule is C=C[S-](=O)=O.C=C[S-](=O)=O.[W].[W].[Y]. The second kappa shape index (κ2) is 23.6. The third-order valence-electron chi connectivity index (χ3n) is 0.272. The van der Waals surface area contributed by atoms with Gasteiger partial charge in [-0.2, -0.15) is 0 Å². The minimum absolute atomic E-state index is 0. The molecular weight excluding hydrogens is 633 g/mol. The van der Waals surface area contributed by atoms with E-state index in [1.807, 2.05) is 0 Å². The summed E-state index contributed by atoms with van der Waals surface area (Å²) in [5, 5.41) is 1.67. The van der Waals surface area contributed by atoms with E-state index in [0.717, 1.165) is 10.8 Å². The average Bonchev–Trinajstić information content (AvgIpc) is 1.89. The van der Waals surface area contributed by atoms with Gasteiger partial charge in [0.05, 0.1) is 0 Å². The summed E-state index contributed by atoms with van der Waals surface area (Å²) in [6.07, 6.45) is 0. The molecule has 0 aliphatic rings. The second-order valence-electron chi connectivity index (χ2n) is 0.854. The van der Waals surface area contributed by atoms with Crippen molar-refractivity contribution in [3.63, 3.8) is 0 Å². The van der Waals surface area contributed by atoms with Crippen LogP contribution in [-0.2, 0) is 113 Å². The van der Waals surface area contributed by atoms with Crippen LogP contribution in [0, 0.1) is 0 Å². The maximum absolute atomic E-state index is 9.25. The van der Waals surface area contributed by atoms with Crippen molar-refractivity contribution in [1.29, 1.82) is 0 Å². The summed E-state index contributed by atoms with van der Waals surface area (Å²) in [7, 11) is -4.12. The summed E-state index contributed by atoms with van der Waals surface area (Å²) in [5.74, 6) is 0. The molecule has 4 nitrogen and oxygen atoms in total. The topological polar surface area (TPSA) is 68.3 Å². The molecule has 0 unspecified atom stereocenters. The molecule has 0 fully saturated rings. The maximum atomic E-state index is 9.25. The van der Waals surface area contributed by atoms with E-state index in [2.05, 4.69) is 13.2 Å². The van der Waals surface area contributed by atoms with Gasteiger partial charge in [0.2, 0.25) is 0 Å². The van der Waals surface area contributed by atoms with E-state index in [1.165, 1.54) is 0 Å². The molecule has 1 radical (unpaired) electrons. The van der Waals surface area contributed by atoms with Gasteiger partial charge in [-0.25, -0.2) is 0 Å². The molecule has 0 aromatic rings. The molecule has 0 aliphatic heterocycles. The van der Waals surface area contributed by atoms with Crippen LogP contribution in [-0.4, -0.2) is 0 Å². The molecule has 0 saturated carbocycles. The maximum Gasteiger partial charge on any atom is 0 e. The Bertz CT molecular complexity index is 207. The Hall–Kier alpha value is 1.86. The van der Waals surface area contributed by atoms with Crippen molar-refractivity contribution in [3.8, 4) is 0 Å². The smallest absolute Gasteiger partial charge is 0 e. The van der Waals surface area contributed by atoms with Gasteiger partial charge in [-0.3, -0.25) is 0 Å². The van der Waals surface area contributed by atoms with Crippen LogP contribution in [0.3, 0.4) is 0 Å². The van der Waals surface area contributed by atoms with Crippen LogP contribution in [0.4, 0.5) is 0 Å². The summed E-state index contributed by atoms with van der Waals surface area (Å²) in [5.41, 5.74) is 0. The number of hydrogen-bond acceptors (Lipinski definition) is 6. The first-order chi connectivity index (χ1) is 4.54. The van der Waals surface area contributed by atoms with Gasteiger partial charge in [-0.05, 0) is 0 Å². The molecule has 0 aliphatic carbocycles. The summed E-state index contributed by atoms with van der Waals surface area (Å²) in [4.78, 5) is 0. The normalized spacial score (nSPS) is 6.31. The van der Waals surface area contributed by atoms with E-state index in [0.29, 0.717) is 0 Å². The first kappa shape index (κ1) is 29.4. The van der Waals surface area contributed by atoms with Gasteiger partial charge >= 0.3 is 0 Å². The van der Waals surface area contributed by atoms with Crippen molar-refractivity contribution in [3.05, 3.63) is 24.0 Å². The molecular formula is C4H6O4S2W2Y-2. The monoisotopic (exact) mass is 639 g/mol. The summed E-state index contributed by atoms with van der Waals surface area (Å²) < 4.78 is 37.0. The van der Waals surface area contributed by atoms with Gasteiger partial charge in [0, 0.05) is 74.8 Å². The minimum atomic E-state index is -2.06. The molecule has 9 heteroatoms. The van der Waals surface area contributed by atoms with E-state index in [9.17, 15) is 16.8 Å². The fourth-order valence-electron chi connectivity index (χ4n) is 0. The molecule has 0 bridgehead atoms. The molecule has 0 saturated heterocycles. The van der Waals surface area contributed by atoms with Crippen molar-refractivity contribution in [2.75, 3.05) is 0 Å². The zero-order valence-electron chi connectivity index (χ0n) is 6.41. The Kier molecular flexibility index (Phi) is 53.3. The molecule has 13 heavy (non-hydrogen) atoms. The quantitative estimate of drug-likeness (QED) is 0.422. The van der Waals surface area contributed by atoms with Crippen LogP contribution in [0.15, 0.2) is 24.0 Å². The fraction of sp³-hybridized carbons (Fsp3) is 0. The van der Waals surface area contributed by atoms with E-state index in [1.54, 1.807) is 0 Å². The van der Waals surface area contributed by atoms with Crippen molar-refractivity contribution in [2.45, 2.75) is 0 Å². The molecule has 0 rings (SSSR count). The third kappa shape index (κ3) is 56.8. The van der Waals surface area contributed by atoms with Crippen molar-refractivity contribution < 1.29 is 91.7 Å². The summed E-state index contributed by atoms with van der Waals surface area (Å²) >= 11 is 0. The average molecular weight is 639 g/mol. The van der Waals surface area contributed by atoms with E-state index in [-0.39, 0.29) is 74.8 Å². The number of rotatable bonds is 2. The predicted octanol–water partition coefficient (Wildman–Crippen LogP) is 0.871. The van der Waals surface area contributed by atoms with Crippen LogP contribution >= 0.6 is 0 Å². The predicted molar refractivity (Wildman–Crippen MR) is 37.9 cm³/mol. The third-order valence-corrected chi connectivity index (χ3v) is 0.816. The Morgan fingerprint density at radius 2 is 0.846 bits per heavy atom. The Morgan fingerprint density at radius 1 is 0.769 bits per heavy atom. The molecule has 0 N–H and O–H groups in total. The Balaban J connectivity index is -0.0000000267. The van der Waals surface area contributed by atoms with Crippen molar-refractivity contribution in [1.82, 2.24) is 0 Å². The Labute approximate surface area is 135 Å². The molecule has 75 valence electrons. The van der Waals surface area contributed by atoms with Crippen molar-refractivity contribution >= 4 is 21.4 Å². The molecule has 0 aromatic heterocycles. The van der Waals surface area contributed by atoms with Gasteiger partial charge in [-0.15, -0.1) is 24.0 Å². The summed E-state index contributed by atoms with van der Waals surface area (Å²) in [6, 6.07) is 0. The molecule has 0 amide bonds. The van der Waals surface area contributed by atoms with Gasteiger partial charge in [0.15, 0.2) is 0 Å². The van der Waals surface area contributed by atoms with Crippen LogP contribution in [0.1, 0.15) is 0 Å². The van der Waals surface area contributed by atoms with E-state index < -0.39 is 21.4 Å². The van der Waals surface area contributed by atoms with Crippen molar-refractivity contribution in [2.24, 2.45) is 0 Å². The van der Waals surface area contributed by atoms with Crippen LogP contribution in [0.5, 0.6) is 0 Å². The summed E-state index contributed by atoms with van der Waals surface area (Å²) in [6.45, 7) is 5.90. The van der Waals surface area contributed by atoms with Crippen LogP contribution < -0.4 is 0 Å². The molecule has 0 spiro atoms. The number of hydrogen-bond donors (Lipinski definition) is 0. The largest absolute Gasteiger partial charge is 0.420 e. The standard InChI is InChI=1S/2C2H3O2S.2W.Y/c2*1-2-5(3)4;;;/h2*2H,1H2;;;/q2*-1;;;. The van der Waals surface area contributed by atoms with E-state index >= 15 is 0 Å². The van der Waals surface area contributed by atoms with Gasteiger partial charge in [0.25, 0.3) is 0 Å².